The third kappa shape index (κ3) is 2.59. The summed E-state index contributed by atoms with van der Waals surface area (Å²) in [7, 11) is -3.15. The van der Waals surface area contributed by atoms with E-state index in [1.807, 2.05) is 6.92 Å². The SMILES string of the molecule is CC1CNc2cc(S(C)(=O)=O)ccc2O1.Cl. The van der Waals surface area contributed by atoms with E-state index in [4.69, 9.17) is 4.74 Å². The van der Waals surface area contributed by atoms with Gasteiger partial charge in [0.25, 0.3) is 0 Å². The van der Waals surface area contributed by atoms with E-state index in [9.17, 15) is 8.42 Å². The van der Waals surface area contributed by atoms with Crippen molar-refractivity contribution in [2.45, 2.75) is 17.9 Å². The minimum absolute atomic E-state index is 0. The molecule has 1 unspecified atom stereocenters. The first-order chi connectivity index (χ1) is 6.97. The van der Waals surface area contributed by atoms with E-state index in [2.05, 4.69) is 5.32 Å². The van der Waals surface area contributed by atoms with Gasteiger partial charge < -0.3 is 10.1 Å². The summed E-state index contributed by atoms with van der Waals surface area (Å²) in [6.07, 6.45) is 1.31. The fourth-order valence-corrected chi connectivity index (χ4v) is 2.14. The Kier molecular flexibility index (Phi) is 3.70. The van der Waals surface area contributed by atoms with Gasteiger partial charge in [0.1, 0.15) is 11.9 Å². The van der Waals surface area contributed by atoms with Crippen LogP contribution in [0.3, 0.4) is 0 Å². The Morgan fingerprint density at radius 1 is 1.44 bits per heavy atom. The second-order valence-corrected chi connectivity index (χ2v) is 5.76. The Labute approximate surface area is 101 Å². The van der Waals surface area contributed by atoms with Gasteiger partial charge in [-0.3, -0.25) is 0 Å². The molecule has 1 N–H and O–H groups in total. The van der Waals surface area contributed by atoms with E-state index < -0.39 is 9.84 Å². The topological polar surface area (TPSA) is 55.4 Å². The van der Waals surface area contributed by atoms with E-state index in [1.54, 1.807) is 18.2 Å². The van der Waals surface area contributed by atoms with Crippen LogP contribution < -0.4 is 10.1 Å². The van der Waals surface area contributed by atoms with Crippen molar-refractivity contribution in [1.82, 2.24) is 0 Å². The number of hydrogen-bond acceptors (Lipinski definition) is 4. The van der Waals surface area contributed by atoms with Gasteiger partial charge in [-0.25, -0.2) is 8.42 Å². The first-order valence-electron chi connectivity index (χ1n) is 4.71. The molecule has 16 heavy (non-hydrogen) atoms. The molecule has 6 heteroatoms. The van der Waals surface area contributed by atoms with E-state index >= 15 is 0 Å². The molecule has 0 radical (unpaired) electrons. The van der Waals surface area contributed by atoms with Crippen LogP contribution in [0.15, 0.2) is 23.1 Å². The second kappa shape index (κ2) is 4.51. The van der Waals surface area contributed by atoms with Crippen molar-refractivity contribution in [3.63, 3.8) is 0 Å². The minimum Gasteiger partial charge on any atom is -0.487 e. The Hall–Kier alpha value is -0.940. The van der Waals surface area contributed by atoms with Crippen LogP contribution in [0.2, 0.25) is 0 Å². The van der Waals surface area contributed by atoms with Crippen molar-refractivity contribution < 1.29 is 13.2 Å². The van der Waals surface area contributed by atoms with Gasteiger partial charge in [-0.1, -0.05) is 0 Å². The first-order valence-corrected chi connectivity index (χ1v) is 6.60. The summed E-state index contributed by atoms with van der Waals surface area (Å²) in [4.78, 5) is 0.312. The van der Waals surface area contributed by atoms with E-state index in [0.29, 0.717) is 17.2 Å². The zero-order valence-corrected chi connectivity index (χ0v) is 10.7. The summed E-state index contributed by atoms with van der Waals surface area (Å²) >= 11 is 0. The molecule has 0 fully saturated rings. The third-order valence-corrected chi connectivity index (χ3v) is 3.40. The van der Waals surface area contributed by atoms with E-state index in [0.717, 1.165) is 5.69 Å². The molecule has 0 aliphatic carbocycles. The largest absolute Gasteiger partial charge is 0.487 e. The average Bonchev–Trinajstić information content (AvgIpc) is 2.15. The fraction of sp³-hybridized carbons (Fsp3) is 0.400. The minimum atomic E-state index is -3.15. The lowest BCUT2D eigenvalue weighted by Gasteiger charge is -2.24. The smallest absolute Gasteiger partial charge is 0.175 e. The molecular weight excluding hydrogens is 250 g/mol. The van der Waals surface area contributed by atoms with Gasteiger partial charge in [-0.05, 0) is 25.1 Å². The number of halogens is 1. The molecule has 0 aromatic heterocycles. The van der Waals surface area contributed by atoms with Gasteiger partial charge in [-0.15, -0.1) is 12.4 Å². The molecule has 0 spiro atoms. The summed E-state index contributed by atoms with van der Waals surface area (Å²) in [5.74, 6) is 0.709. The molecular formula is C10H14ClNO3S. The average molecular weight is 264 g/mol. The zero-order valence-electron chi connectivity index (χ0n) is 9.06. The lowest BCUT2D eigenvalue weighted by atomic mass is 10.2. The molecule has 1 aliphatic heterocycles. The Morgan fingerprint density at radius 2 is 2.12 bits per heavy atom. The van der Waals surface area contributed by atoms with Crippen LogP contribution in [-0.2, 0) is 9.84 Å². The predicted molar refractivity (Wildman–Crippen MR) is 65.4 cm³/mol. The van der Waals surface area contributed by atoms with Crippen LogP contribution in [0.5, 0.6) is 5.75 Å². The second-order valence-electron chi connectivity index (χ2n) is 3.74. The number of rotatable bonds is 1. The summed E-state index contributed by atoms with van der Waals surface area (Å²) in [6, 6.07) is 4.86. The molecule has 1 aromatic rings. The van der Waals surface area contributed by atoms with Gasteiger partial charge in [-0.2, -0.15) is 0 Å². The van der Waals surface area contributed by atoms with Crippen molar-refractivity contribution in [2.75, 3.05) is 18.1 Å². The molecule has 0 saturated carbocycles. The first kappa shape index (κ1) is 13.1. The summed E-state index contributed by atoms with van der Waals surface area (Å²) in [6.45, 7) is 2.65. The van der Waals surface area contributed by atoms with Crippen molar-refractivity contribution in [3.05, 3.63) is 18.2 Å². The van der Waals surface area contributed by atoms with Crippen LogP contribution in [-0.4, -0.2) is 27.3 Å². The van der Waals surface area contributed by atoms with E-state index in [-0.39, 0.29) is 18.5 Å². The Bertz CT molecular complexity index is 487. The van der Waals surface area contributed by atoms with Crippen LogP contribution in [0.1, 0.15) is 6.92 Å². The number of hydrogen-bond donors (Lipinski definition) is 1. The molecule has 0 bridgehead atoms. The fourth-order valence-electron chi connectivity index (χ4n) is 1.49. The maximum absolute atomic E-state index is 11.3. The molecule has 1 aromatic carbocycles. The summed E-state index contributed by atoms with van der Waals surface area (Å²) < 4.78 is 28.2. The highest BCUT2D eigenvalue weighted by molar-refractivity contribution is 7.90. The number of nitrogens with one attached hydrogen (secondary N) is 1. The molecule has 1 atom stereocenters. The number of benzene rings is 1. The quantitative estimate of drug-likeness (QED) is 0.838. The number of anilines is 1. The molecule has 0 amide bonds. The predicted octanol–water partition coefficient (Wildman–Crippen LogP) is 1.70. The monoisotopic (exact) mass is 263 g/mol. The molecule has 2 rings (SSSR count). The summed E-state index contributed by atoms with van der Waals surface area (Å²) in [5, 5.41) is 3.14. The molecule has 1 heterocycles. The molecule has 4 nitrogen and oxygen atoms in total. The van der Waals surface area contributed by atoms with Gasteiger partial charge in [0.2, 0.25) is 0 Å². The standard InChI is InChI=1S/C10H13NO3S.ClH/c1-7-6-11-9-5-8(15(2,12)13)3-4-10(9)14-7;/h3-5,7,11H,6H2,1-2H3;1H. The van der Waals surface area contributed by atoms with Crippen LogP contribution in [0.25, 0.3) is 0 Å². The third-order valence-electron chi connectivity index (χ3n) is 2.29. The van der Waals surface area contributed by atoms with Crippen LogP contribution >= 0.6 is 12.4 Å². The maximum Gasteiger partial charge on any atom is 0.175 e. The zero-order chi connectivity index (χ0) is 11.1. The number of sulfone groups is 1. The highest BCUT2D eigenvalue weighted by Crippen LogP contribution is 2.31. The van der Waals surface area contributed by atoms with Crippen molar-refractivity contribution in [3.8, 4) is 5.75 Å². The lowest BCUT2D eigenvalue weighted by Crippen LogP contribution is -2.27. The van der Waals surface area contributed by atoms with Crippen molar-refractivity contribution in [2.24, 2.45) is 0 Å². The van der Waals surface area contributed by atoms with Crippen molar-refractivity contribution in [1.29, 1.82) is 0 Å². The van der Waals surface area contributed by atoms with Crippen molar-refractivity contribution >= 4 is 27.9 Å². The molecule has 0 saturated heterocycles. The lowest BCUT2D eigenvalue weighted by molar-refractivity contribution is 0.226. The van der Waals surface area contributed by atoms with Gasteiger partial charge >= 0.3 is 0 Å². The van der Waals surface area contributed by atoms with Crippen LogP contribution in [0, 0.1) is 0 Å². The normalized spacial score (nSPS) is 18.8. The van der Waals surface area contributed by atoms with Gasteiger partial charge in [0.05, 0.1) is 17.1 Å². The van der Waals surface area contributed by atoms with Gasteiger partial charge in [0.15, 0.2) is 9.84 Å². The number of fused-ring (bicyclic) bond motifs is 1. The van der Waals surface area contributed by atoms with E-state index in [1.165, 1.54) is 6.26 Å². The Morgan fingerprint density at radius 3 is 2.75 bits per heavy atom. The Balaban J connectivity index is 0.00000128. The van der Waals surface area contributed by atoms with Crippen LogP contribution in [0.4, 0.5) is 5.69 Å². The summed E-state index contributed by atoms with van der Waals surface area (Å²) in [5.41, 5.74) is 0.746. The molecule has 90 valence electrons. The molecule has 1 aliphatic rings. The number of ether oxygens (including phenoxy) is 1. The maximum atomic E-state index is 11.3. The van der Waals surface area contributed by atoms with Gasteiger partial charge in [0, 0.05) is 6.26 Å². The highest BCUT2D eigenvalue weighted by Gasteiger charge is 2.17. The highest BCUT2D eigenvalue weighted by atomic mass is 35.5.